The van der Waals surface area contributed by atoms with Crippen molar-refractivity contribution in [1.29, 1.82) is 5.26 Å². The molecule has 0 heterocycles. The highest BCUT2D eigenvalue weighted by Gasteiger charge is 2.35. The number of rotatable bonds is 7. The lowest BCUT2D eigenvalue weighted by atomic mass is 10.0. The normalized spacial score (nSPS) is 17.5. The van der Waals surface area contributed by atoms with E-state index in [1.165, 1.54) is 6.92 Å². The predicted molar refractivity (Wildman–Crippen MR) is 77.5 cm³/mol. The zero-order valence-corrected chi connectivity index (χ0v) is 12.7. The molecule has 0 aromatic heterocycles. The lowest BCUT2D eigenvalue weighted by molar-refractivity contribution is -0.140. The molecule has 1 saturated carbocycles. The Morgan fingerprint density at radius 1 is 1.38 bits per heavy atom. The number of carbonyl (C=O) groups excluding carboxylic acids is 2. The molecule has 0 radical (unpaired) electrons. The van der Waals surface area contributed by atoms with Gasteiger partial charge in [0.05, 0.1) is 11.8 Å². The number of nitriles is 1. The van der Waals surface area contributed by atoms with Crippen LogP contribution in [0.1, 0.15) is 32.6 Å². The molecule has 2 amide bonds. The maximum absolute atomic E-state index is 11.8. The number of thioether (sulfide) groups is 1. The molecule has 0 aliphatic heterocycles. The van der Waals surface area contributed by atoms with Crippen LogP contribution in [0.5, 0.6) is 0 Å². The minimum Gasteiger partial charge on any atom is -0.480 e. The molecule has 1 aliphatic carbocycles. The summed E-state index contributed by atoms with van der Waals surface area (Å²) in [4.78, 5) is 33.6. The van der Waals surface area contributed by atoms with E-state index in [9.17, 15) is 14.4 Å². The highest BCUT2D eigenvalue weighted by atomic mass is 32.2. The molecule has 0 saturated heterocycles. The minimum atomic E-state index is -1.14. The molecule has 0 aromatic carbocycles. The van der Waals surface area contributed by atoms with Crippen molar-refractivity contribution in [2.45, 2.75) is 44.2 Å². The van der Waals surface area contributed by atoms with E-state index in [1.807, 2.05) is 0 Å². The number of carboxylic acids is 1. The summed E-state index contributed by atoms with van der Waals surface area (Å²) in [5.74, 6) is -1.69. The van der Waals surface area contributed by atoms with E-state index >= 15 is 0 Å². The third kappa shape index (κ3) is 5.63. The maximum atomic E-state index is 11.8. The molecule has 1 atom stereocenters. The van der Waals surface area contributed by atoms with Crippen molar-refractivity contribution in [3.05, 3.63) is 0 Å². The zero-order valence-electron chi connectivity index (χ0n) is 11.8. The van der Waals surface area contributed by atoms with Gasteiger partial charge < -0.3 is 15.7 Å². The van der Waals surface area contributed by atoms with Gasteiger partial charge in [-0.15, -0.1) is 11.8 Å². The zero-order chi connectivity index (χ0) is 15.9. The Kier molecular flexibility index (Phi) is 6.49. The van der Waals surface area contributed by atoms with Crippen LogP contribution in [0.15, 0.2) is 0 Å². The van der Waals surface area contributed by atoms with E-state index in [-0.39, 0.29) is 17.4 Å². The molecule has 8 heteroatoms. The van der Waals surface area contributed by atoms with Crippen LogP contribution in [0.4, 0.5) is 0 Å². The molecule has 116 valence electrons. The summed E-state index contributed by atoms with van der Waals surface area (Å²) < 4.78 is 0. The van der Waals surface area contributed by atoms with Gasteiger partial charge in [0.25, 0.3) is 0 Å². The molecule has 1 rings (SSSR count). The molecular formula is C13H19N3O4S. The Balaban J connectivity index is 2.37. The summed E-state index contributed by atoms with van der Waals surface area (Å²) in [7, 11) is 0. The Morgan fingerprint density at radius 3 is 2.48 bits per heavy atom. The van der Waals surface area contributed by atoms with Crippen molar-refractivity contribution in [2.24, 2.45) is 0 Å². The molecule has 1 fully saturated rings. The predicted octanol–water partition coefficient (Wildman–Crippen LogP) is 0.261. The van der Waals surface area contributed by atoms with Gasteiger partial charge >= 0.3 is 5.97 Å². The van der Waals surface area contributed by atoms with Crippen molar-refractivity contribution in [1.82, 2.24) is 10.6 Å². The third-order valence-corrected chi connectivity index (χ3v) is 4.28. The third-order valence-electron chi connectivity index (χ3n) is 3.24. The Morgan fingerprint density at radius 2 is 2.00 bits per heavy atom. The van der Waals surface area contributed by atoms with Crippen LogP contribution in [0.2, 0.25) is 0 Å². The summed E-state index contributed by atoms with van der Waals surface area (Å²) in [6.45, 7) is 1.24. The first-order chi connectivity index (χ1) is 9.88. The van der Waals surface area contributed by atoms with Crippen molar-refractivity contribution >= 4 is 29.5 Å². The van der Waals surface area contributed by atoms with E-state index in [4.69, 9.17) is 10.4 Å². The largest absolute Gasteiger partial charge is 0.480 e. The molecule has 7 nitrogen and oxygen atoms in total. The van der Waals surface area contributed by atoms with Gasteiger partial charge in [-0.25, -0.2) is 4.79 Å². The summed E-state index contributed by atoms with van der Waals surface area (Å²) >= 11 is 1.12. The number of aliphatic carboxylic acids is 1. The fourth-order valence-corrected chi connectivity index (χ4v) is 3.07. The Bertz CT molecular complexity index is 455. The maximum Gasteiger partial charge on any atom is 0.327 e. The standard InChI is InChI=1S/C13H19N3O4S/c1-9(17)15-10(12(19)20)6-21-7-11(18)16-13(8-14)4-2-3-5-13/h10H,2-7H2,1H3,(H,15,17)(H,16,18)(H,19,20). The van der Waals surface area contributed by atoms with Crippen LogP contribution in [0, 0.1) is 11.3 Å². The lowest BCUT2D eigenvalue weighted by Gasteiger charge is -2.22. The van der Waals surface area contributed by atoms with Crippen LogP contribution in [0.3, 0.4) is 0 Å². The highest BCUT2D eigenvalue weighted by molar-refractivity contribution is 8.00. The number of carbonyl (C=O) groups is 3. The number of hydrogen-bond acceptors (Lipinski definition) is 5. The topological polar surface area (TPSA) is 119 Å². The van der Waals surface area contributed by atoms with Gasteiger partial charge in [0.15, 0.2) is 0 Å². The van der Waals surface area contributed by atoms with Gasteiger partial charge in [-0.1, -0.05) is 0 Å². The molecule has 1 aliphatic rings. The van der Waals surface area contributed by atoms with Gasteiger partial charge in [-0.2, -0.15) is 5.26 Å². The second kappa shape index (κ2) is 7.88. The van der Waals surface area contributed by atoms with E-state index in [1.54, 1.807) is 0 Å². The summed E-state index contributed by atoms with van der Waals surface area (Å²) in [5, 5.41) is 23.1. The molecule has 0 aromatic rings. The van der Waals surface area contributed by atoms with E-state index < -0.39 is 23.5 Å². The Labute approximate surface area is 127 Å². The second-order valence-electron chi connectivity index (χ2n) is 5.06. The fourth-order valence-electron chi connectivity index (χ4n) is 2.24. The van der Waals surface area contributed by atoms with Crippen LogP contribution in [0.25, 0.3) is 0 Å². The average molecular weight is 313 g/mol. The van der Waals surface area contributed by atoms with Crippen LogP contribution in [-0.4, -0.2) is 46.0 Å². The SMILES string of the molecule is CC(=O)NC(CSCC(=O)NC1(C#N)CCCC1)C(=O)O. The van der Waals surface area contributed by atoms with Crippen molar-refractivity contribution in [3.63, 3.8) is 0 Å². The molecule has 3 N–H and O–H groups in total. The van der Waals surface area contributed by atoms with Gasteiger partial charge in [-0.3, -0.25) is 9.59 Å². The molecular weight excluding hydrogens is 294 g/mol. The second-order valence-corrected chi connectivity index (χ2v) is 6.09. The van der Waals surface area contributed by atoms with E-state index in [2.05, 4.69) is 16.7 Å². The van der Waals surface area contributed by atoms with Crippen molar-refractivity contribution in [3.8, 4) is 6.07 Å². The van der Waals surface area contributed by atoms with Crippen molar-refractivity contribution < 1.29 is 19.5 Å². The van der Waals surface area contributed by atoms with Gasteiger partial charge in [-0.05, 0) is 25.7 Å². The quantitative estimate of drug-likeness (QED) is 0.620. The molecule has 0 bridgehead atoms. The first-order valence-electron chi connectivity index (χ1n) is 6.68. The fraction of sp³-hybridized carbons (Fsp3) is 0.692. The average Bonchev–Trinajstić information content (AvgIpc) is 2.86. The van der Waals surface area contributed by atoms with Crippen LogP contribution < -0.4 is 10.6 Å². The van der Waals surface area contributed by atoms with Gasteiger partial charge in [0.2, 0.25) is 11.8 Å². The molecule has 21 heavy (non-hydrogen) atoms. The highest BCUT2D eigenvalue weighted by Crippen LogP contribution is 2.28. The molecule has 1 unspecified atom stereocenters. The first-order valence-corrected chi connectivity index (χ1v) is 7.84. The Hall–Kier alpha value is -1.75. The summed E-state index contributed by atoms with van der Waals surface area (Å²) in [5.41, 5.74) is -0.762. The van der Waals surface area contributed by atoms with E-state index in [0.717, 1.165) is 24.6 Å². The molecule has 0 spiro atoms. The number of nitrogens with zero attached hydrogens (tertiary/aromatic N) is 1. The summed E-state index contributed by atoms with van der Waals surface area (Å²) in [6, 6.07) is 1.14. The number of carboxylic acid groups (broad SMARTS) is 1. The number of amides is 2. The van der Waals surface area contributed by atoms with Crippen molar-refractivity contribution in [2.75, 3.05) is 11.5 Å². The summed E-state index contributed by atoms with van der Waals surface area (Å²) in [6.07, 6.45) is 3.16. The number of hydrogen-bond donors (Lipinski definition) is 3. The van der Waals surface area contributed by atoms with E-state index in [0.29, 0.717) is 12.8 Å². The monoisotopic (exact) mass is 313 g/mol. The van der Waals surface area contributed by atoms with Gasteiger partial charge in [0.1, 0.15) is 11.6 Å². The number of nitrogens with one attached hydrogen (secondary N) is 2. The van der Waals surface area contributed by atoms with Gasteiger partial charge in [0, 0.05) is 12.7 Å². The van der Waals surface area contributed by atoms with Crippen LogP contribution >= 0.6 is 11.8 Å². The lowest BCUT2D eigenvalue weighted by Crippen LogP contribution is -2.46. The smallest absolute Gasteiger partial charge is 0.327 e. The first kappa shape index (κ1) is 17.3. The minimum absolute atomic E-state index is 0.0623. The van der Waals surface area contributed by atoms with Crippen LogP contribution in [-0.2, 0) is 14.4 Å².